The van der Waals surface area contributed by atoms with Crippen LogP contribution in [0.5, 0.6) is 11.5 Å². The van der Waals surface area contributed by atoms with Gasteiger partial charge in [-0.25, -0.2) is 4.79 Å². The largest absolute Gasteiger partial charge is 0.497 e. The maximum Gasteiger partial charge on any atom is 0.338 e. The number of hydrogen-bond acceptors (Lipinski definition) is 6. The molecule has 7 heteroatoms. The predicted octanol–water partition coefficient (Wildman–Crippen LogP) is 2.80. The Labute approximate surface area is 165 Å². The molecule has 1 N–H and O–H groups in total. The molecule has 0 saturated carbocycles. The number of amides is 1. The van der Waals surface area contributed by atoms with E-state index in [-0.39, 0.29) is 12.6 Å². The number of methoxy groups -OCH3 is 2. The number of esters is 1. The van der Waals surface area contributed by atoms with Crippen molar-refractivity contribution in [2.45, 2.75) is 13.0 Å². The molecule has 0 aromatic heterocycles. The summed E-state index contributed by atoms with van der Waals surface area (Å²) < 4.78 is 15.7. The van der Waals surface area contributed by atoms with E-state index in [0.29, 0.717) is 17.1 Å². The summed E-state index contributed by atoms with van der Waals surface area (Å²) in [5.74, 6) is 0.329. The molecule has 0 aliphatic rings. The molecule has 0 aliphatic carbocycles. The normalized spacial score (nSPS) is 11.3. The number of rotatable bonds is 8. The summed E-state index contributed by atoms with van der Waals surface area (Å²) in [6.45, 7) is 1.44. The summed E-state index contributed by atoms with van der Waals surface area (Å²) in [4.78, 5) is 26.3. The van der Waals surface area contributed by atoms with Crippen LogP contribution in [0.15, 0.2) is 42.5 Å². The molecular formula is C21H26N2O5. The van der Waals surface area contributed by atoms with Gasteiger partial charge in [0.2, 0.25) is 0 Å². The first-order valence-electron chi connectivity index (χ1n) is 8.81. The standard InChI is InChI=1S/C21H26N2O5/c1-14(18-12-17(26-4)9-10-19(18)27-5)22-20(24)13-28-21(25)15-7-6-8-16(11-15)23(2)3/h6-12,14H,13H2,1-5H3,(H,22,24)/t14-/m0/s1. The highest BCUT2D eigenvalue weighted by atomic mass is 16.5. The van der Waals surface area contributed by atoms with Gasteiger partial charge in [0, 0.05) is 25.3 Å². The average molecular weight is 386 g/mol. The molecule has 150 valence electrons. The SMILES string of the molecule is COc1ccc(OC)c([C@H](C)NC(=O)COC(=O)c2cccc(N(C)C)c2)c1. The number of anilines is 1. The molecule has 0 spiro atoms. The van der Waals surface area contributed by atoms with Gasteiger partial charge in [0.05, 0.1) is 25.8 Å². The molecule has 0 fully saturated rings. The van der Waals surface area contributed by atoms with Gasteiger partial charge >= 0.3 is 5.97 Å². The first-order chi connectivity index (χ1) is 13.3. The van der Waals surface area contributed by atoms with Crippen LogP contribution in [0.1, 0.15) is 28.9 Å². The van der Waals surface area contributed by atoms with Crippen LogP contribution >= 0.6 is 0 Å². The van der Waals surface area contributed by atoms with Crippen molar-refractivity contribution in [1.29, 1.82) is 0 Å². The van der Waals surface area contributed by atoms with Crippen molar-refractivity contribution in [3.63, 3.8) is 0 Å². The molecule has 2 aromatic rings. The summed E-state index contributed by atoms with van der Waals surface area (Å²) in [5, 5.41) is 2.80. The summed E-state index contributed by atoms with van der Waals surface area (Å²) in [5.41, 5.74) is 2.03. The zero-order chi connectivity index (χ0) is 20.7. The number of carbonyl (C=O) groups excluding carboxylic acids is 2. The Bertz CT molecular complexity index is 835. The maximum absolute atomic E-state index is 12.2. The first-order valence-corrected chi connectivity index (χ1v) is 8.81. The van der Waals surface area contributed by atoms with Crippen molar-refractivity contribution in [3.05, 3.63) is 53.6 Å². The number of hydrogen-bond donors (Lipinski definition) is 1. The van der Waals surface area contributed by atoms with Gasteiger partial charge in [0.15, 0.2) is 6.61 Å². The molecule has 2 aromatic carbocycles. The monoisotopic (exact) mass is 386 g/mol. The minimum Gasteiger partial charge on any atom is -0.497 e. The van der Waals surface area contributed by atoms with Crippen LogP contribution in [-0.4, -0.2) is 46.8 Å². The Morgan fingerprint density at radius 2 is 1.82 bits per heavy atom. The number of nitrogens with zero attached hydrogens (tertiary/aromatic N) is 1. The topological polar surface area (TPSA) is 77.1 Å². The van der Waals surface area contributed by atoms with Gasteiger partial charge in [-0.1, -0.05) is 6.07 Å². The fraction of sp³-hybridized carbons (Fsp3) is 0.333. The summed E-state index contributed by atoms with van der Waals surface area (Å²) in [6, 6.07) is 12.0. The van der Waals surface area contributed by atoms with E-state index in [1.165, 1.54) is 0 Å². The second kappa shape index (κ2) is 9.64. The number of carbonyl (C=O) groups is 2. The third kappa shape index (κ3) is 5.39. The molecule has 1 amide bonds. The fourth-order valence-electron chi connectivity index (χ4n) is 2.66. The third-order valence-corrected chi connectivity index (χ3v) is 4.21. The predicted molar refractivity (Wildman–Crippen MR) is 107 cm³/mol. The Morgan fingerprint density at radius 3 is 2.46 bits per heavy atom. The molecule has 28 heavy (non-hydrogen) atoms. The van der Waals surface area contributed by atoms with Crippen LogP contribution in [-0.2, 0) is 9.53 Å². The smallest absolute Gasteiger partial charge is 0.338 e. The van der Waals surface area contributed by atoms with Crippen LogP contribution in [0.2, 0.25) is 0 Å². The van der Waals surface area contributed by atoms with Crippen molar-refractivity contribution >= 4 is 17.6 Å². The molecule has 0 saturated heterocycles. The second-order valence-electron chi connectivity index (χ2n) is 6.42. The van der Waals surface area contributed by atoms with Crippen LogP contribution in [0.4, 0.5) is 5.69 Å². The van der Waals surface area contributed by atoms with Crippen molar-refractivity contribution in [2.24, 2.45) is 0 Å². The lowest BCUT2D eigenvalue weighted by Gasteiger charge is -2.18. The van der Waals surface area contributed by atoms with E-state index < -0.39 is 11.9 Å². The average Bonchev–Trinajstić information content (AvgIpc) is 2.71. The zero-order valence-electron chi connectivity index (χ0n) is 16.8. The number of nitrogens with one attached hydrogen (secondary N) is 1. The number of benzene rings is 2. The van der Waals surface area contributed by atoms with Crippen molar-refractivity contribution in [1.82, 2.24) is 5.32 Å². The summed E-state index contributed by atoms with van der Waals surface area (Å²) >= 11 is 0. The molecule has 0 aliphatic heterocycles. The highest BCUT2D eigenvalue weighted by Crippen LogP contribution is 2.29. The van der Waals surface area contributed by atoms with Gasteiger partial charge in [-0.15, -0.1) is 0 Å². The molecule has 7 nitrogen and oxygen atoms in total. The van der Waals surface area contributed by atoms with Crippen molar-refractivity contribution in [2.75, 3.05) is 39.8 Å². The Morgan fingerprint density at radius 1 is 1.07 bits per heavy atom. The van der Waals surface area contributed by atoms with Gasteiger partial charge in [-0.2, -0.15) is 0 Å². The minimum atomic E-state index is -0.550. The molecule has 0 heterocycles. The third-order valence-electron chi connectivity index (χ3n) is 4.21. The molecule has 0 unspecified atom stereocenters. The molecule has 0 radical (unpaired) electrons. The van der Waals surface area contributed by atoms with E-state index in [1.807, 2.05) is 32.0 Å². The lowest BCUT2D eigenvalue weighted by Crippen LogP contribution is -2.31. The Balaban J connectivity index is 1.97. The van der Waals surface area contributed by atoms with E-state index in [1.54, 1.807) is 50.6 Å². The quantitative estimate of drug-likeness (QED) is 0.703. The van der Waals surface area contributed by atoms with Gasteiger partial charge < -0.3 is 24.4 Å². The molecule has 1 atom stereocenters. The fourth-order valence-corrected chi connectivity index (χ4v) is 2.66. The van der Waals surface area contributed by atoms with Gasteiger partial charge in [-0.05, 0) is 43.3 Å². The summed E-state index contributed by atoms with van der Waals surface area (Å²) in [7, 11) is 6.89. The van der Waals surface area contributed by atoms with Gasteiger partial charge in [-0.3, -0.25) is 4.79 Å². The van der Waals surface area contributed by atoms with Gasteiger partial charge in [0.1, 0.15) is 11.5 Å². The van der Waals surface area contributed by atoms with Gasteiger partial charge in [0.25, 0.3) is 5.91 Å². The van der Waals surface area contributed by atoms with Crippen molar-refractivity contribution < 1.29 is 23.8 Å². The summed E-state index contributed by atoms with van der Waals surface area (Å²) in [6.07, 6.45) is 0. The number of ether oxygens (including phenoxy) is 3. The molecular weight excluding hydrogens is 360 g/mol. The van der Waals surface area contributed by atoms with Crippen LogP contribution in [0.25, 0.3) is 0 Å². The Kier molecular flexibility index (Phi) is 7.26. The van der Waals surface area contributed by atoms with Crippen LogP contribution < -0.4 is 19.7 Å². The van der Waals surface area contributed by atoms with E-state index in [0.717, 1.165) is 11.3 Å². The maximum atomic E-state index is 12.2. The van der Waals surface area contributed by atoms with E-state index >= 15 is 0 Å². The lowest BCUT2D eigenvalue weighted by molar-refractivity contribution is -0.124. The molecule has 0 bridgehead atoms. The minimum absolute atomic E-state index is 0.353. The van der Waals surface area contributed by atoms with Crippen LogP contribution in [0, 0.1) is 0 Å². The van der Waals surface area contributed by atoms with Crippen molar-refractivity contribution in [3.8, 4) is 11.5 Å². The molecule has 2 rings (SSSR count). The highest BCUT2D eigenvalue weighted by molar-refractivity contribution is 5.92. The highest BCUT2D eigenvalue weighted by Gasteiger charge is 2.17. The van der Waals surface area contributed by atoms with E-state index in [9.17, 15) is 9.59 Å². The van der Waals surface area contributed by atoms with Crippen LogP contribution in [0.3, 0.4) is 0 Å². The zero-order valence-corrected chi connectivity index (χ0v) is 16.8. The second-order valence-corrected chi connectivity index (χ2v) is 6.42. The van der Waals surface area contributed by atoms with E-state index in [2.05, 4.69) is 5.32 Å². The first kappa shape index (κ1) is 21.1. The lowest BCUT2D eigenvalue weighted by atomic mass is 10.1. The Hall–Kier alpha value is -3.22. The van der Waals surface area contributed by atoms with E-state index in [4.69, 9.17) is 14.2 Å².